The lowest BCUT2D eigenvalue weighted by Crippen LogP contribution is -2.45. The molecule has 26 heavy (non-hydrogen) atoms. The molecule has 0 aromatic carbocycles. The molecule has 0 atom stereocenters. The summed E-state index contributed by atoms with van der Waals surface area (Å²) in [6, 6.07) is 4.13. The molecular formula is C20H24N4O2. The number of aromatic nitrogens is 1. The van der Waals surface area contributed by atoms with Crippen LogP contribution in [0.15, 0.2) is 59.9 Å². The number of ether oxygens (including phenoxy) is 2. The highest BCUT2D eigenvalue weighted by atomic mass is 16.7. The van der Waals surface area contributed by atoms with Crippen molar-refractivity contribution in [2.75, 3.05) is 37.7 Å². The Morgan fingerprint density at radius 2 is 2.00 bits per heavy atom. The lowest BCUT2D eigenvalue weighted by Gasteiger charge is -2.38. The molecule has 0 aliphatic carbocycles. The average molecular weight is 352 g/mol. The van der Waals surface area contributed by atoms with Crippen molar-refractivity contribution in [3.63, 3.8) is 0 Å². The molecule has 3 aliphatic rings. The van der Waals surface area contributed by atoms with Gasteiger partial charge in [0.25, 0.3) is 0 Å². The van der Waals surface area contributed by atoms with Crippen molar-refractivity contribution < 1.29 is 9.47 Å². The van der Waals surface area contributed by atoms with Gasteiger partial charge in [-0.05, 0) is 12.1 Å². The van der Waals surface area contributed by atoms with E-state index in [0.717, 1.165) is 55.1 Å². The lowest BCUT2D eigenvalue weighted by atomic mass is 10.0. The van der Waals surface area contributed by atoms with Crippen molar-refractivity contribution in [1.82, 2.24) is 10.4 Å². The van der Waals surface area contributed by atoms with Gasteiger partial charge in [-0.1, -0.05) is 30.9 Å². The number of rotatable bonds is 4. The summed E-state index contributed by atoms with van der Waals surface area (Å²) in [4.78, 5) is 6.87. The van der Waals surface area contributed by atoms with E-state index in [9.17, 15) is 0 Å². The summed E-state index contributed by atoms with van der Waals surface area (Å²) in [6.07, 6.45) is 11.3. The Bertz CT molecular complexity index is 753. The Hall–Kier alpha value is -2.44. The number of pyridine rings is 1. The Morgan fingerprint density at radius 1 is 1.19 bits per heavy atom. The molecule has 1 aromatic heterocycles. The SMILES string of the molecule is C=C/C=C\C=C1/CNN=C1c1ccnc(N2CCC3(CC2)OCCO3)c1. The Labute approximate surface area is 153 Å². The van der Waals surface area contributed by atoms with Gasteiger partial charge in [-0.2, -0.15) is 5.10 Å². The quantitative estimate of drug-likeness (QED) is 0.844. The van der Waals surface area contributed by atoms with E-state index >= 15 is 0 Å². The Kier molecular flexibility index (Phi) is 4.86. The minimum atomic E-state index is -0.360. The maximum Gasteiger partial charge on any atom is 0.171 e. The molecule has 0 amide bonds. The highest BCUT2D eigenvalue weighted by Crippen LogP contribution is 2.33. The van der Waals surface area contributed by atoms with E-state index in [1.165, 1.54) is 0 Å². The monoisotopic (exact) mass is 352 g/mol. The summed E-state index contributed by atoms with van der Waals surface area (Å²) in [6.45, 7) is 7.60. The molecule has 4 rings (SSSR count). The fraction of sp³-hybridized carbons (Fsp3) is 0.400. The van der Waals surface area contributed by atoms with Crippen molar-refractivity contribution in [2.45, 2.75) is 18.6 Å². The molecule has 1 N–H and O–H groups in total. The van der Waals surface area contributed by atoms with E-state index in [2.05, 4.69) is 39.1 Å². The first-order chi connectivity index (χ1) is 12.8. The van der Waals surface area contributed by atoms with Crippen LogP contribution in [0, 0.1) is 0 Å². The number of hydrazone groups is 1. The van der Waals surface area contributed by atoms with Crippen LogP contribution in [0.4, 0.5) is 5.82 Å². The summed E-state index contributed by atoms with van der Waals surface area (Å²) >= 11 is 0. The largest absolute Gasteiger partial charge is 0.356 e. The molecule has 1 aromatic rings. The maximum atomic E-state index is 5.81. The number of nitrogens with zero attached hydrogens (tertiary/aromatic N) is 3. The van der Waals surface area contributed by atoms with E-state index in [-0.39, 0.29) is 5.79 Å². The van der Waals surface area contributed by atoms with Gasteiger partial charge in [-0.3, -0.25) is 0 Å². The van der Waals surface area contributed by atoms with Crippen LogP contribution in [0.5, 0.6) is 0 Å². The van der Waals surface area contributed by atoms with Gasteiger partial charge in [0.15, 0.2) is 5.79 Å². The highest BCUT2D eigenvalue weighted by Gasteiger charge is 2.40. The normalized spacial score (nSPS) is 23.6. The summed E-state index contributed by atoms with van der Waals surface area (Å²) in [5.74, 6) is 0.618. The molecule has 0 saturated carbocycles. The molecule has 136 valence electrons. The minimum Gasteiger partial charge on any atom is -0.356 e. The van der Waals surface area contributed by atoms with Crippen LogP contribution < -0.4 is 10.3 Å². The van der Waals surface area contributed by atoms with Gasteiger partial charge in [0.05, 0.1) is 25.5 Å². The molecule has 0 bridgehead atoms. The van der Waals surface area contributed by atoms with Crippen LogP contribution in [-0.4, -0.2) is 49.3 Å². The van der Waals surface area contributed by atoms with Crippen LogP contribution in [0.1, 0.15) is 18.4 Å². The third-order valence-electron chi connectivity index (χ3n) is 4.99. The molecule has 0 unspecified atom stereocenters. The van der Waals surface area contributed by atoms with Gasteiger partial charge in [-0.25, -0.2) is 4.98 Å². The fourth-order valence-corrected chi connectivity index (χ4v) is 3.60. The summed E-state index contributed by atoms with van der Waals surface area (Å²) in [5, 5.41) is 4.46. The van der Waals surface area contributed by atoms with E-state index in [1.54, 1.807) is 6.08 Å². The van der Waals surface area contributed by atoms with Gasteiger partial charge >= 0.3 is 0 Å². The van der Waals surface area contributed by atoms with Gasteiger partial charge < -0.3 is 19.8 Å². The fourth-order valence-electron chi connectivity index (χ4n) is 3.60. The zero-order valence-corrected chi connectivity index (χ0v) is 14.9. The van der Waals surface area contributed by atoms with Crippen LogP contribution in [0.3, 0.4) is 0 Å². The first kappa shape index (κ1) is 17.0. The zero-order valence-electron chi connectivity index (χ0n) is 14.9. The lowest BCUT2D eigenvalue weighted by molar-refractivity contribution is -0.169. The molecule has 1 spiro atoms. The van der Waals surface area contributed by atoms with E-state index < -0.39 is 0 Å². The third kappa shape index (κ3) is 3.43. The molecule has 2 fully saturated rings. The van der Waals surface area contributed by atoms with Crippen molar-refractivity contribution in [3.8, 4) is 0 Å². The van der Waals surface area contributed by atoms with E-state index in [0.29, 0.717) is 13.2 Å². The van der Waals surface area contributed by atoms with Gasteiger partial charge in [0, 0.05) is 43.3 Å². The van der Waals surface area contributed by atoms with Crippen LogP contribution in [0.2, 0.25) is 0 Å². The number of hydrogen-bond donors (Lipinski definition) is 1. The predicted molar refractivity (Wildman–Crippen MR) is 102 cm³/mol. The number of piperidine rings is 1. The third-order valence-corrected chi connectivity index (χ3v) is 4.99. The second kappa shape index (κ2) is 7.43. The maximum absolute atomic E-state index is 5.81. The zero-order chi connectivity index (χ0) is 17.8. The molecule has 6 heteroatoms. The summed E-state index contributed by atoms with van der Waals surface area (Å²) in [5.41, 5.74) is 6.28. The Balaban J connectivity index is 1.49. The van der Waals surface area contributed by atoms with Crippen molar-refractivity contribution in [2.24, 2.45) is 5.10 Å². The highest BCUT2D eigenvalue weighted by molar-refractivity contribution is 6.14. The van der Waals surface area contributed by atoms with Crippen LogP contribution in [-0.2, 0) is 9.47 Å². The first-order valence-electron chi connectivity index (χ1n) is 9.08. The molecular weight excluding hydrogens is 328 g/mol. The topological polar surface area (TPSA) is 59.0 Å². The van der Waals surface area contributed by atoms with Crippen molar-refractivity contribution >= 4 is 11.5 Å². The molecule has 3 aliphatic heterocycles. The first-order valence-corrected chi connectivity index (χ1v) is 9.08. The van der Waals surface area contributed by atoms with Crippen LogP contribution in [0.25, 0.3) is 0 Å². The molecule has 6 nitrogen and oxygen atoms in total. The van der Waals surface area contributed by atoms with Crippen molar-refractivity contribution in [1.29, 1.82) is 0 Å². The average Bonchev–Trinajstić information content (AvgIpc) is 3.33. The van der Waals surface area contributed by atoms with Gasteiger partial charge in [-0.15, -0.1) is 0 Å². The number of anilines is 1. The van der Waals surface area contributed by atoms with Crippen LogP contribution >= 0.6 is 0 Å². The van der Waals surface area contributed by atoms with Gasteiger partial charge in [0.1, 0.15) is 5.82 Å². The number of nitrogens with one attached hydrogen (secondary N) is 1. The number of allylic oxidation sites excluding steroid dienone is 4. The predicted octanol–water partition coefficient (Wildman–Crippen LogP) is 2.40. The summed E-state index contributed by atoms with van der Waals surface area (Å²) < 4.78 is 11.6. The van der Waals surface area contributed by atoms with Gasteiger partial charge in [0.2, 0.25) is 0 Å². The second-order valence-corrected chi connectivity index (χ2v) is 6.61. The molecule has 0 radical (unpaired) electrons. The minimum absolute atomic E-state index is 0.360. The Morgan fingerprint density at radius 3 is 2.77 bits per heavy atom. The smallest absolute Gasteiger partial charge is 0.171 e. The number of hydrogen-bond acceptors (Lipinski definition) is 6. The van der Waals surface area contributed by atoms with E-state index in [1.807, 2.05) is 24.4 Å². The standard InChI is InChI=1S/C20H24N4O2/c1-2-3-4-5-17-15-22-23-19(17)16-6-9-21-18(14-16)24-10-7-20(8-11-24)25-12-13-26-20/h2-6,9,14,22H,1,7-8,10-13,15H2/b4-3-,17-5+. The summed E-state index contributed by atoms with van der Waals surface area (Å²) in [7, 11) is 0. The second-order valence-electron chi connectivity index (χ2n) is 6.61. The van der Waals surface area contributed by atoms with E-state index in [4.69, 9.17) is 9.47 Å². The molecule has 4 heterocycles. The van der Waals surface area contributed by atoms with Crippen molar-refractivity contribution in [3.05, 3.63) is 60.3 Å². The molecule has 2 saturated heterocycles.